The first-order valence-corrected chi connectivity index (χ1v) is 5.89. The minimum atomic E-state index is -0.413. The van der Waals surface area contributed by atoms with Crippen LogP contribution in [0.5, 0.6) is 0 Å². The maximum Gasteiger partial charge on any atom is 0.414 e. The lowest BCUT2D eigenvalue weighted by atomic mass is 10.2. The molecule has 1 aliphatic heterocycles. The lowest BCUT2D eigenvalue weighted by molar-refractivity contribution is -0.119. The largest absolute Gasteiger partial charge is 0.442 e. The minimum absolute atomic E-state index is 0.145. The van der Waals surface area contributed by atoms with Gasteiger partial charge in [0.1, 0.15) is 6.10 Å². The molecule has 5 nitrogen and oxygen atoms in total. The first-order chi connectivity index (χ1) is 9.10. The van der Waals surface area contributed by atoms with Crippen LogP contribution >= 0.6 is 0 Å². The fourth-order valence-electron chi connectivity index (χ4n) is 1.83. The number of carbonyl (C=O) groups is 2. The molecule has 1 aliphatic rings. The van der Waals surface area contributed by atoms with Crippen LogP contribution in [0.2, 0.25) is 0 Å². The molecule has 1 N–H and O–H groups in total. The summed E-state index contributed by atoms with van der Waals surface area (Å²) in [5, 5.41) is 2.63. The molecule has 1 heterocycles. The molecule has 5 heteroatoms. The number of hydrogen-bond acceptors (Lipinski definition) is 3. The topological polar surface area (TPSA) is 58.6 Å². The molecule has 0 unspecified atom stereocenters. The Labute approximate surface area is 111 Å². The first kappa shape index (κ1) is 13.0. The monoisotopic (exact) mass is 258 g/mol. The number of nitrogens with zero attached hydrogens (tertiary/aromatic N) is 1. The number of rotatable bonds is 3. The molecule has 1 aromatic carbocycles. The number of carbonyl (C=O) groups excluding carboxylic acids is 2. The van der Waals surface area contributed by atoms with Crippen LogP contribution in [0.1, 0.15) is 12.5 Å². The quantitative estimate of drug-likeness (QED) is 0.827. The Kier molecular flexibility index (Phi) is 3.71. The summed E-state index contributed by atoms with van der Waals surface area (Å²) in [5.74, 6) is 2.37. The third-order valence-corrected chi connectivity index (χ3v) is 2.80. The second kappa shape index (κ2) is 5.44. The smallest absolute Gasteiger partial charge is 0.414 e. The summed E-state index contributed by atoms with van der Waals surface area (Å²) in [4.78, 5) is 24.1. The number of terminal acetylenes is 1. The number of ether oxygens (including phenoxy) is 1. The van der Waals surface area contributed by atoms with E-state index in [1.807, 2.05) is 0 Å². The van der Waals surface area contributed by atoms with Crippen molar-refractivity contribution in [3.63, 3.8) is 0 Å². The minimum Gasteiger partial charge on any atom is -0.442 e. The second-order valence-electron chi connectivity index (χ2n) is 4.24. The molecule has 1 aromatic rings. The highest BCUT2D eigenvalue weighted by molar-refractivity contribution is 5.89. The van der Waals surface area contributed by atoms with Crippen molar-refractivity contribution in [3.05, 3.63) is 29.8 Å². The molecule has 0 aromatic heterocycles. The molecule has 0 saturated carbocycles. The fourth-order valence-corrected chi connectivity index (χ4v) is 1.83. The van der Waals surface area contributed by atoms with Crippen LogP contribution in [0.3, 0.4) is 0 Å². The lowest BCUT2D eigenvalue weighted by Gasteiger charge is -2.12. The van der Waals surface area contributed by atoms with Gasteiger partial charge in [0, 0.05) is 18.2 Å². The van der Waals surface area contributed by atoms with Crippen molar-refractivity contribution in [2.45, 2.75) is 13.0 Å². The number of benzene rings is 1. The highest BCUT2D eigenvalue weighted by Gasteiger charge is 2.32. The van der Waals surface area contributed by atoms with Crippen molar-refractivity contribution in [2.75, 3.05) is 18.0 Å². The first-order valence-electron chi connectivity index (χ1n) is 5.89. The van der Waals surface area contributed by atoms with E-state index in [1.165, 1.54) is 11.8 Å². The van der Waals surface area contributed by atoms with Crippen molar-refractivity contribution in [2.24, 2.45) is 0 Å². The molecule has 1 saturated heterocycles. The zero-order valence-electron chi connectivity index (χ0n) is 10.6. The van der Waals surface area contributed by atoms with Crippen LogP contribution in [0.25, 0.3) is 0 Å². The number of hydrogen-bond donors (Lipinski definition) is 1. The molecule has 98 valence electrons. The summed E-state index contributed by atoms with van der Waals surface area (Å²) in [5.41, 5.74) is 1.49. The number of cyclic esters (lactones) is 1. The van der Waals surface area contributed by atoms with Crippen molar-refractivity contribution in [3.8, 4) is 12.3 Å². The highest BCUT2D eigenvalue weighted by Crippen LogP contribution is 2.21. The van der Waals surface area contributed by atoms with Gasteiger partial charge in [0.05, 0.1) is 13.1 Å². The van der Waals surface area contributed by atoms with Crippen molar-refractivity contribution < 1.29 is 14.3 Å². The third-order valence-electron chi connectivity index (χ3n) is 2.80. The molecule has 19 heavy (non-hydrogen) atoms. The summed E-state index contributed by atoms with van der Waals surface area (Å²) in [6, 6.07) is 7.09. The van der Waals surface area contributed by atoms with Gasteiger partial charge in [-0.3, -0.25) is 9.69 Å². The van der Waals surface area contributed by atoms with E-state index in [0.29, 0.717) is 13.1 Å². The Morgan fingerprint density at radius 2 is 2.21 bits per heavy atom. The van der Waals surface area contributed by atoms with Gasteiger partial charge < -0.3 is 10.1 Å². The Morgan fingerprint density at radius 3 is 2.79 bits per heavy atom. The van der Waals surface area contributed by atoms with E-state index in [2.05, 4.69) is 11.2 Å². The van der Waals surface area contributed by atoms with E-state index in [0.717, 1.165) is 11.3 Å². The highest BCUT2D eigenvalue weighted by atomic mass is 16.6. The van der Waals surface area contributed by atoms with Crippen LogP contribution < -0.4 is 10.2 Å². The summed E-state index contributed by atoms with van der Waals surface area (Å²) in [6.07, 6.45) is 4.53. The fraction of sp³-hybridized carbons (Fsp3) is 0.286. The van der Waals surface area contributed by atoms with E-state index in [1.54, 1.807) is 24.3 Å². The Hall–Kier alpha value is -2.48. The van der Waals surface area contributed by atoms with Crippen LogP contribution in [0.4, 0.5) is 10.5 Å². The molecule has 2 amide bonds. The van der Waals surface area contributed by atoms with Gasteiger partial charge in [-0.25, -0.2) is 4.79 Å². The lowest BCUT2D eigenvalue weighted by Crippen LogP contribution is -2.33. The number of anilines is 1. The van der Waals surface area contributed by atoms with Crippen molar-refractivity contribution in [1.29, 1.82) is 0 Å². The summed E-state index contributed by atoms with van der Waals surface area (Å²) >= 11 is 0. The molecule has 2 rings (SSSR count). The van der Waals surface area contributed by atoms with Crippen LogP contribution in [0, 0.1) is 12.3 Å². The van der Waals surface area contributed by atoms with Gasteiger partial charge in [-0.05, 0) is 24.3 Å². The van der Waals surface area contributed by atoms with Gasteiger partial charge >= 0.3 is 6.09 Å². The standard InChI is InChI=1S/C14H14N2O3/c1-3-11-4-6-12(7-5-11)16-9-13(19-14(16)18)8-15-10(2)17/h1,4-7,13H,8-9H2,2H3,(H,15,17)/t13-/m0/s1. The molecule has 0 bridgehead atoms. The van der Waals surface area contributed by atoms with Gasteiger partial charge in [0.15, 0.2) is 0 Å². The maximum absolute atomic E-state index is 11.7. The number of amides is 2. The Morgan fingerprint density at radius 1 is 1.53 bits per heavy atom. The molecule has 1 fully saturated rings. The molecule has 0 spiro atoms. The summed E-state index contributed by atoms with van der Waals surface area (Å²) < 4.78 is 5.17. The predicted octanol–water partition coefficient (Wildman–Crippen LogP) is 1.13. The van der Waals surface area contributed by atoms with E-state index in [9.17, 15) is 9.59 Å². The van der Waals surface area contributed by atoms with Crippen molar-refractivity contribution >= 4 is 17.7 Å². The molecule has 0 aliphatic carbocycles. The van der Waals surface area contributed by atoms with E-state index in [4.69, 9.17) is 11.2 Å². The Bertz CT molecular complexity index is 531. The van der Waals surface area contributed by atoms with Gasteiger partial charge in [-0.15, -0.1) is 6.42 Å². The van der Waals surface area contributed by atoms with E-state index >= 15 is 0 Å². The summed E-state index contributed by atoms with van der Waals surface area (Å²) in [6.45, 7) is 2.15. The summed E-state index contributed by atoms with van der Waals surface area (Å²) in [7, 11) is 0. The normalized spacial score (nSPS) is 17.8. The molecular formula is C14H14N2O3. The maximum atomic E-state index is 11.7. The van der Waals surface area contributed by atoms with Gasteiger partial charge in [-0.2, -0.15) is 0 Å². The molecule has 0 radical (unpaired) electrons. The van der Waals surface area contributed by atoms with Gasteiger partial charge in [-0.1, -0.05) is 5.92 Å². The molecular weight excluding hydrogens is 244 g/mol. The average molecular weight is 258 g/mol. The number of nitrogens with one attached hydrogen (secondary N) is 1. The van der Waals surface area contributed by atoms with Gasteiger partial charge in [0.25, 0.3) is 0 Å². The van der Waals surface area contributed by atoms with Crippen molar-refractivity contribution in [1.82, 2.24) is 5.32 Å². The van der Waals surface area contributed by atoms with E-state index in [-0.39, 0.29) is 12.0 Å². The SMILES string of the molecule is C#Cc1ccc(N2C[C@H](CNC(C)=O)OC2=O)cc1. The van der Waals surface area contributed by atoms with E-state index < -0.39 is 6.09 Å². The third kappa shape index (κ3) is 3.05. The van der Waals surface area contributed by atoms with Crippen LogP contribution in [-0.2, 0) is 9.53 Å². The Balaban J connectivity index is 2.03. The molecule has 1 atom stereocenters. The predicted molar refractivity (Wildman–Crippen MR) is 70.7 cm³/mol. The average Bonchev–Trinajstić information content (AvgIpc) is 2.78. The zero-order chi connectivity index (χ0) is 13.8. The zero-order valence-corrected chi connectivity index (χ0v) is 10.6. The van der Waals surface area contributed by atoms with Crippen LogP contribution in [-0.4, -0.2) is 31.2 Å². The second-order valence-corrected chi connectivity index (χ2v) is 4.24. The van der Waals surface area contributed by atoms with Gasteiger partial charge in [0.2, 0.25) is 5.91 Å². The van der Waals surface area contributed by atoms with Crippen LogP contribution in [0.15, 0.2) is 24.3 Å².